The number of amides is 1. The molecule has 0 fully saturated rings. The second-order valence-corrected chi connectivity index (χ2v) is 11.6. The van der Waals surface area contributed by atoms with Gasteiger partial charge in [0, 0.05) is 44.9 Å². The van der Waals surface area contributed by atoms with Crippen molar-refractivity contribution >= 4 is 21.6 Å². The molecule has 0 aliphatic carbocycles. The summed E-state index contributed by atoms with van der Waals surface area (Å²) in [6.07, 6.45) is -0.410. The number of rotatable bonds is 8. The topological polar surface area (TPSA) is 99.6 Å². The van der Waals surface area contributed by atoms with Gasteiger partial charge < -0.3 is 24.4 Å². The highest BCUT2D eigenvalue weighted by atomic mass is 32.2. The molecule has 1 heterocycles. The number of fused-ring (bicyclic) bond motifs is 1. The molecule has 9 nitrogen and oxygen atoms in total. The number of methoxy groups -OCH3 is 1. The summed E-state index contributed by atoms with van der Waals surface area (Å²) in [5.41, 5.74) is 1.65. The van der Waals surface area contributed by atoms with Gasteiger partial charge in [-0.2, -0.15) is 4.31 Å². The Morgan fingerprint density at radius 3 is 2.42 bits per heavy atom. The van der Waals surface area contributed by atoms with E-state index in [1.165, 1.54) is 30.6 Å². The number of likely N-dealkylation sites (N-methyl/N-ethyl adjacent to an activating group) is 1. The molecule has 1 amide bonds. The van der Waals surface area contributed by atoms with Crippen molar-refractivity contribution in [3.63, 3.8) is 0 Å². The molecule has 1 aliphatic rings. The maximum Gasteiger partial charge on any atom is 0.242 e. The van der Waals surface area contributed by atoms with E-state index in [0.29, 0.717) is 18.0 Å². The van der Waals surface area contributed by atoms with Crippen LogP contribution in [0, 0.1) is 5.92 Å². The predicted octanol–water partition coefficient (Wildman–Crippen LogP) is 2.23. The van der Waals surface area contributed by atoms with E-state index in [0.717, 1.165) is 11.3 Å². The summed E-state index contributed by atoms with van der Waals surface area (Å²) in [5.74, 6) is 0.806. The Kier molecular flexibility index (Phi) is 8.86. The van der Waals surface area contributed by atoms with Crippen molar-refractivity contribution in [1.82, 2.24) is 9.21 Å². The molecule has 10 heteroatoms. The number of ether oxygens (including phenoxy) is 2. The first-order valence-electron chi connectivity index (χ1n) is 12.0. The van der Waals surface area contributed by atoms with Crippen molar-refractivity contribution in [2.45, 2.75) is 37.3 Å². The minimum absolute atomic E-state index is 0.0833. The van der Waals surface area contributed by atoms with Crippen molar-refractivity contribution in [1.29, 1.82) is 0 Å². The third-order valence-corrected chi connectivity index (χ3v) is 8.46. The summed E-state index contributed by atoms with van der Waals surface area (Å²) in [4.78, 5) is 17.0. The van der Waals surface area contributed by atoms with E-state index in [2.05, 4.69) is 0 Å². The Balaban J connectivity index is 1.96. The van der Waals surface area contributed by atoms with Crippen LogP contribution in [0.2, 0.25) is 0 Å². The lowest BCUT2D eigenvalue weighted by Gasteiger charge is -2.33. The zero-order chi connectivity index (χ0) is 26.6. The summed E-state index contributed by atoms with van der Waals surface area (Å²) >= 11 is 0. The van der Waals surface area contributed by atoms with Gasteiger partial charge in [-0.25, -0.2) is 8.42 Å². The Morgan fingerprint density at radius 1 is 1.17 bits per heavy atom. The third-order valence-electron chi connectivity index (χ3n) is 6.62. The highest BCUT2D eigenvalue weighted by molar-refractivity contribution is 7.89. The summed E-state index contributed by atoms with van der Waals surface area (Å²) in [7, 11) is 3.10. The normalized spacial score (nSPS) is 19.6. The second kappa shape index (κ2) is 11.5. The average Bonchev–Trinajstić information content (AvgIpc) is 2.90. The standard InChI is InChI=1S/C26H37N3O6S/c1-18-15-29(19(2)17-30)26(31)14-20-13-21(27(3)4)7-12-24(20)35-25(18)16-28(5)36(32,33)23-10-8-22(34-6)9-11-23/h7-13,18-19,25,30H,14-17H2,1-6H3/t18-,19+,25-/m0/s1. The van der Waals surface area contributed by atoms with Crippen molar-refractivity contribution in [2.75, 3.05) is 52.8 Å². The van der Waals surface area contributed by atoms with Gasteiger partial charge in [-0.3, -0.25) is 4.79 Å². The molecule has 198 valence electrons. The number of anilines is 1. The van der Waals surface area contributed by atoms with E-state index in [4.69, 9.17) is 9.47 Å². The molecule has 3 rings (SSSR count). The highest BCUT2D eigenvalue weighted by Gasteiger charge is 2.33. The van der Waals surface area contributed by atoms with Crippen LogP contribution in [0.5, 0.6) is 11.5 Å². The lowest BCUT2D eigenvalue weighted by atomic mass is 10.0. The number of nitrogens with zero attached hydrogens (tertiary/aromatic N) is 3. The van der Waals surface area contributed by atoms with Crippen LogP contribution in [0.15, 0.2) is 47.4 Å². The zero-order valence-corrected chi connectivity index (χ0v) is 22.7. The number of hydrogen-bond donors (Lipinski definition) is 1. The van der Waals surface area contributed by atoms with Gasteiger partial charge in [0.05, 0.1) is 37.6 Å². The second-order valence-electron chi connectivity index (χ2n) is 9.54. The van der Waals surface area contributed by atoms with Crippen LogP contribution in [0.3, 0.4) is 0 Å². The molecule has 0 saturated heterocycles. The number of aliphatic hydroxyl groups excluding tert-OH is 1. The van der Waals surface area contributed by atoms with Crippen LogP contribution in [0.4, 0.5) is 5.69 Å². The van der Waals surface area contributed by atoms with Crippen LogP contribution in [-0.4, -0.2) is 88.7 Å². The first-order valence-corrected chi connectivity index (χ1v) is 13.4. The highest BCUT2D eigenvalue weighted by Crippen LogP contribution is 2.30. The molecule has 0 bridgehead atoms. The van der Waals surface area contributed by atoms with Crippen molar-refractivity contribution in [3.05, 3.63) is 48.0 Å². The average molecular weight is 520 g/mol. The third kappa shape index (κ3) is 6.11. The molecule has 1 aliphatic heterocycles. The van der Waals surface area contributed by atoms with Crippen LogP contribution < -0.4 is 14.4 Å². The smallest absolute Gasteiger partial charge is 0.242 e. The van der Waals surface area contributed by atoms with Gasteiger partial charge in [0.15, 0.2) is 0 Å². The molecule has 0 aromatic heterocycles. The van der Waals surface area contributed by atoms with E-state index in [9.17, 15) is 18.3 Å². The monoisotopic (exact) mass is 519 g/mol. The maximum absolute atomic E-state index is 13.3. The number of sulfonamides is 1. The van der Waals surface area contributed by atoms with E-state index in [1.54, 1.807) is 24.0 Å². The molecule has 0 unspecified atom stereocenters. The van der Waals surface area contributed by atoms with Crippen molar-refractivity contribution in [2.24, 2.45) is 5.92 Å². The van der Waals surface area contributed by atoms with Gasteiger partial charge in [-0.05, 0) is 49.4 Å². The van der Waals surface area contributed by atoms with Crippen molar-refractivity contribution in [3.8, 4) is 11.5 Å². The fourth-order valence-electron chi connectivity index (χ4n) is 4.19. The summed E-state index contributed by atoms with van der Waals surface area (Å²) < 4.78 is 39.4. The van der Waals surface area contributed by atoms with Crippen LogP contribution in [0.1, 0.15) is 19.4 Å². The molecular weight excluding hydrogens is 482 g/mol. The molecule has 36 heavy (non-hydrogen) atoms. The summed E-state index contributed by atoms with van der Waals surface area (Å²) in [6, 6.07) is 11.5. The fourth-order valence-corrected chi connectivity index (χ4v) is 5.37. The predicted molar refractivity (Wildman–Crippen MR) is 139 cm³/mol. The van der Waals surface area contributed by atoms with Gasteiger partial charge in [0.1, 0.15) is 17.6 Å². The molecule has 0 saturated carbocycles. The van der Waals surface area contributed by atoms with Gasteiger partial charge in [0.25, 0.3) is 0 Å². The van der Waals surface area contributed by atoms with E-state index < -0.39 is 16.1 Å². The first kappa shape index (κ1) is 27.8. The van der Waals surface area contributed by atoms with Gasteiger partial charge in [0.2, 0.25) is 15.9 Å². The number of carbonyl (C=O) groups excluding carboxylic acids is 1. The molecule has 3 atom stereocenters. The van der Waals surface area contributed by atoms with E-state index in [-0.39, 0.29) is 42.3 Å². The molecule has 0 spiro atoms. The number of carbonyl (C=O) groups is 1. The molecule has 2 aromatic carbocycles. The van der Waals surface area contributed by atoms with Gasteiger partial charge in [-0.1, -0.05) is 6.92 Å². The van der Waals surface area contributed by atoms with Crippen molar-refractivity contribution < 1.29 is 27.8 Å². The first-order chi connectivity index (χ1) is 17.0. The minimum atomic E-state index is -3.79. The molecule has 1 N–H and O–H groups in total. The fraction of sp³-hybridized carbons (Fsp3) is 0.500. The SMILES string of the molecule is COc1ccc(S(=O)(=O)N(C)C[C@@H]2Oc3ccc(N(C)C)cc3CC(=O)N([C@H](C)CO)C[C@@H]2C)cc1. The van der Waals surface area contributed by atoms with Crippen LogP contribution >= 0.6 is 0 Å². The van der Waals surface area contributed by atoms with E-state index in [1.807, 2.05) is 44.1 Å². The Morgan fingerprint density at radius 2 is 1.83 bits per heavy atom. The van der Waals surface area contributed by atoms with Crippen LogP contribution in [0.25, 0.3) is 0 Å². The van der Waals surface area contributed by atoms with E-state index >= 15 is 0 Å². The summed E-state index contributed by atoms with van der Waals surface area (Å²) in [6.45, 7) is 3.98. The molecular formula is C26H37N3O6S. The number of aliphatic hydroxyl groups is 1. The Hall–Kier alpha value is -2.82. The minimum Gasteiger partial charge on any atom is -0.497 e. The Bertz CT molecular complexity index is 1150. The number of hydrogen-bond acceptors (Lipinski definition) is 7. The summed E-state index contributed by atoms with van der Waals surface area (Å²) in [5, 5.41) is 9.79. The maximum atomic E-state index is 13.3. The lowest BCUT2D eigenvalue weighted by Crippen LogP contribution is -2.48. The van der Waals surface area contributed by atoms with Gasteiger partial charge >= 0.3 is 0 Å². The quantitative estimate of drug-likeness (QED) is 0.571. The van der Waals surface area contributed by atoms with Gasteiger partial charge in [-0.15, -0.1) is 0 Å². The lowest BCUT2D eigenvalue weighted by molar-refractivity contribution is -0.134. The van der Waals surface area contributed by atoms with Crippen LogP contribution in [-0.2, 0) is 21.2 Å². The Labute approximate surface area is 214 Å². The molecule has 0 radical (unpaired) electrons. The molecule has 2 aromatic rings. The zero-order valence-electron chi connectivity index (χ0n) is 21.8. The largest absolute Gasteiger partial charge is 0.497 e. The number of benzene rings is 2.